The van der Waals surface area contributed by atoms with E-state index in [1.54, 1.807) is 11.3 Å². The maximum absolute atomic E-state index is 8.89. The van der Waals surface area contributed by atoms with Crippen LogP contribution in [0.1, 0.15) is 10.6 Å². The monoisotopic (exact) mass is 228 g/mol. The van der Waals surface area contributed by atoms with Gasteiger partial charge in [-0.15, -0.1) is 11.3 Å². The second-order valence-corrected chi connectivity index (χ2v) is 4.75. The summed E-state index contributed by atoms with van der Waals surface area (Å²) in [5.74, 6) is 0. The maximum Gasteiger partial charge on any atom is 0.185 e. The molecule has 1 aliphatic rings. The zero-order valence-electron chi connectivity index (χ0n) is 8.90. The highest BCUT2D eigenvalue weighted by Crippen LogP contribution is 2.26. The number of aliphatic hydroxyl groups is 1. The number of hydrogen-bond acceptors (Lipinski definition) is 5. The first kappa shape index (κ1) is 10.9. The molecule has 0 saturated carbocycles. The molecule has 1 aromatic rings. The van der Waals surface area contributed by atoms with Crippen molar-refractivity contribution < 1.29 is 9.84 Å². The highest BCUT2D eigenvalue weighted by molar-refractivity contribution is 7.15. The summed E-state index contributed by atoms with van der Waals surface area (Å²) < 4.78 is 5.30. The van der Waals surface area contributed by atoms with Crippen molar-refractivity contribution in [2.45, 2.75) is 13.3 Å². The molecule has 0 unspecified atom stereocenters. The summed E-state index contributed by atoms with van der Waals surface area (Å²) in [6, 6.07) is 0. The molecule has 15 heavy (non-hydrogen) atoms. The first-order chi connectivity index (χ1) is 7.31. The van der Waals surface area contributed by atoms with Gasteiger partial charge in [0.1, 0.15) is 0 Å². The van der Waals surface area contributed by atoms with Crippen molar-refractivity contribution >= 4 is 16.5 Å². The molecular weight excluding hydrogens is 212 g/mol. The summed E-state index contributed by atoms with van der Waals surface area (Å²) in [6.45, 7) is 5.65. The van der Waals surface area contributed by atoms with Gasteiger partial charge in [-0.05, 0) is 6.92 Å². The Balaban J connectivity index is 2.10. The van der Waals surface area contributed by atoms with E-state index in [1.165, 1.54) is 4.88 Å². The van der Waals surface area contributed by atoms with Gasteiger partial charge in [0.05, 0.1) is 18.9 Å². The SMILES string of the molecule is Cc1sc(N2CCOCC2)nc1CCO. The maximum atomic E-state index is 8.89. The van der Waals surface area contributed by atoms with Crippen molar-refractivity contribution in [1.29, 1.82) is 0 Å². The van der Waals surface area contributed by atoms with E-state index >= 15 is 0 Å². The Morgan fingerprint density at radius 2 is 2.20 bits per heavy atom. The fraction of sp³-hybridized carbons (Fsp3) is 0.700. The number of nitrogens with zero attached hydrogens (tertiary/aromatic N) is 2. The summed E-state index contributed by atoms with van der Waals surface area (Å²) in [5.41, 5.74) is 1.03. The topological polar surface area (TPSA) is 45.6 Å². The number of hydrogen-bond donors (Lipinski definition) is 1. The molecule has 2 rings (SSSR count). The lowest BCUT2D eigenvalue weighted by Crippen LogP contribution is -2.36. The van der Waals surface area contributed by atoms with Crippen LogP contribution >= 0.6 is 11.3 Å². The number of ether oxygens (including phenoxy) is 1. The summed E-state index contributed by atoms with van der Waals surface area (Å²) >= 11 is 1.71. The largest absolute Gasteiger partial charge is 0.396 e. The Labute approximate surface area is 93.5 Å². The average Bonchev–Trinajstić information content (AvgIpc) is 2.63. The van der Waals surface area contributed by atoms with Gasteiger partial charge in [0.25, 0.3) is 0 Å². The molecule has 5 heteroatoms. The molecule has 0 spiro atoms. The molecule has 1 aliphatic heterocycles. The van der Waals surface area contributed by atoms with Gasteiger partial charge < -0.3 is 14.7 Å². The van der Waals surface area contributed by atoms with E-state index < -0.39 is 0 Å². The van der Waals surface area contributed by atoms with Gasteiger partial charge in [-0.3, -0.25) is 0 Å². The predicted molar refractivity (Wildman–Crippen MR) is 60.7 cm³/mol. The van der Waals surface area contributed by atoms with Crippen LogP contribution in [0.3, 0.4) is 0 Å². The van der Waals surface area contributed by atoms with Gasteiger partial charge in [0, 0.05) is 31.0 Å². The lowest BCUT2D eigenvalue weighted by molar-refractivity contribution is 0.122. The molecule has 0 amide bonds. The number of aliphatic hydroxyl groups excluding tert-OH is 1. The zero-order chi connectivity index (χ0) is 10.7. The fourth-order valence-electron chi connectivity index (χ4n) is 1.64. The van der Waals surface area contributed by atoms with Crippen LogP contribution in [0.25, 0.3) is 0 Å². The smallest absolute Gasteiger partial charge is 0.185 e. The minimum absolute atomic E-state index is 0.174. The summed E-state index contributed by atoms with van der Waals surface area (Å²) in [6.07, 6.45) is 0.659. The van der Waals surface area contributed by atoms with Crippen LogP contribution in [0.15, 0.2) is 0 Å². The Morgan fingerprint density at radius 3 is 2.87 bits per heavy atom. The van der Waals surface area contributed by atoms with Gasteiger partial charge in [-0.2, -0.15) is 0 Å². The van der Waals surface area contributed by atoms with Gasteiger partial charge in [-0.1, -0.05) is 0 Å². The third-order valence-corrected chi connectivity index (χ3v) is 3.59. The van der Waals surface area contributed by atoms with Crippen LogP contribution in [0, 0.1) is 6.92 Å². The summed E-state index contributed by atoms with van der Waals surface area (Å²) in [5, 5.41) is 9.96. The zero-order valence-corrected chi connectivity index (χ0v) is 9.72. The number of rotatable bonds is 3. The van der Waals surface area contributed by atoms with Gasteiger partial charge in [-0.25, -0.2) is 4.98 Å². The van der Waals surface area contributed by atoms with E-state index in [-0.39, 0.29) is 6.61 Å². The molecule has 2 heterocycles. The Bertz CT molecular complexity index is 321. The number of morpholine rings is 1. The van der Waals surface area contributed by atoms with Crippen LogP contribution in [0.4, 0.5) is 5.13 Å². The lowest BCUT2D eigenvalue weighted by atomic mass is 10.3. The van der Waals surface area contributed by atoms with Crippen molar-refractivity contribution in [3.8, 4) is 0 Å². The number of aromatic nitrogens is 1. The molecule has 1 saturated heterocycles. The second-order valence-electron chi connectivity index (χ2n) is 3.57. The fourth-order valence-corrected chi connectivity index (χ4v) is 2.65. The van der Waals surface area contributed by atoms with Crippen LogP contribution < -0.4 is 4.90 Å². The summed E-state index contributed by atoms with van der Waals surface area (Å²) in [4.78, 5) is 8.02. The molecule has 0 bridgehead atoms. The van der Waals surface area contributed by atoms with E-state index in [0.717, 1.165) is 37.1 Å². The highest BCUT2D eigenvalue weighted by atomic mass is 32.1. The van der Waals surface area contributed by atoms with Crippen molar-refractivity contribution in [2.24, 2.45) is 0 Å². The molecule has 1 N–H and O–H groups in total. The minimum Gasteiger partial charge on any atom is -0.396 e. The third kappa shape index (κ3) is 2.48. The molecule has 0 aromatic carbocycles. The number of thiazole rings is 1. The average molecular weight is 228 g/mol. The standard InChI is InChI=1S/C10H16N2O2S/c1-8-9(2-5-13)11-10(15-8)12-3-6-14-7-4-12/h13H,2-7H2,1H3. The van der Waals surface area contributed by atoms with E-state index in [0.29, 0.717) is 6.42 Å². The molecule has 1 fully saturated rings. The van der Waals surface area contributed by atoms with E-state index in [4.69, 9.17) is 9.84 Å². The minimum atomic E-state index is 0.174. The lowest BCUT2D eigenvalue weighted by Gasteiger charge is -2.26. The van der Waals surface area contributed by atoms with E-state index in [2.05, 4.69) is 16.8 Å². The van der Waals surface area contributed by atoms with E-state index in [1.807, 2.05) is 0 Å². The third-order valence-electron chi connectivity index (χ3n) is 2.51. The quantitative estimate of drug-likeness (QED) is 0.832. The van der Waals surface area contributed by atoms with Crippen molar-refractivity contribution in [3.05, 3.63) is 10.6 Å². The van der Waals surface area contributed by atoms with E-state index in [9.17, 15) is 0 Å². The molecule has 1 aromatic heterocycles. The molecule has 0 radical (unpaired) electrons. The Kier molecular flexibility index (Phi) is 3.56. The van der Waals surface area contributed by atoms with Gasteiger partial charge in [0.2, 0.25) is 0 Å². The van der Waals surface area contributed by atoms with Crippen molar-refractivity contribution in [1.82, 2.24) is 4.98 Å². The number of aryl methyl sites for hydroxylation is 1. The number of anilines is 1. The normalized spacial score (nSPS) is 17.1. The molecule has 4 nitrogen and oxygen atoms in total. The predicted octanol–water partition coefficient (Wildman–Crippen LogP) is 0.823. The summed E-state index contributed by atoms with van der Waals surface area (Å²) in [7, 11) is 0. The molecular formula is C10H16N2O2S. The molecule has 0 atom stereocenters. The second kappa shape index (κ2) is 4.92. The first-order valence-corrected chi connectivity index (χ1v) is 6.03. The molecule has 0 aliphatic carbocycles. The van der Waals surface area contributed by atoms with Crippen LogP contribution in [-0.4, -0.2) is 43.0 Å². The van der Waals surface area contributed by atoms with Gasteiger partial charge >= 0.3 is 0 Å². The first-order valence-electron chi connectivity index (χ1n) is 5.21. The molecule has 84 valence electrons. The van der Waals surface area contributed by atoms with Crippen LogP contribution in [0.2, 0.25) is 0 Å². The Hall–Kier alpha value is -0.650. The van der Waals surface area contributed by atoms with Gasteiger partial charge in [0.15, 0.2) is 5.13 Å². The highest BCUT2D eigenvalue weighted by Gasteiger charge is 2.16. The van der Waals surface area contributed by atoms with Crippen molar-refractivity contribution in [3.63, 3.8) is 0 Å². The van der Waals surface area contributed by atoms with Crippen LogP contribution in [0.5, 0.6) is 0 Å². The van der Waals surface area contributed by atoms with Crippen molar-refractivity contribution in [2.75, 3.05) is 37.8 Å². The Morgan fingerprint density at radius 1 is 1.47 bits per heavy atom. The van der Waals surface area contributed by atoms with Crippen LogP contribution in [-0.2, 0) is 11.2 Å².